The number of ether oxygens (including phenoxy) is 3. The smallest absolute Gasteiger partial charge is 0.338 e. The third kappa shape index (κ3) is 8.73. The van der Waals surface area contributed by atoms with Crippen LogP contribution in [-0.4, -0.2) is 31.4 Å². The molecular formula is C21H32O4. The minimum atomic E-state index is -0.309. The Morgan fingerprint density at radius 1 is 1.12 bits per heavy atom. The second-order valence-electron chi connectivity index (χ2n) is 6.35. The molecule has 0 bridgehead atoms. The van der Waals surface area contributed by atoms with Gasteiger partial charge in [-0.1, -0.05) is 19.4 Å². The molecule has 1 aromatic carbocycles. The molecule has 0 heterocycles. The maximum Gasteiger partial charge on any atom is 0.338 e. The highest BCUT2D eigenvalue weighted by atomic mass is 16.5. The van der Waals surface area contributed by atoms with Gasteiger partial charge in [-0.25, -0.2) is 4.79 Å². The van der Waals surface area contributed by atoms with Gasteiger partial charge in [0, 0.05) is 0 Å². The Morgan fingerprint density at radius 2 is 1.80 bits per heavy atom. The van der Waals surface area contributed by atoms with Gasteiger partial charge in [-0.3, -0.25) is 0 Å². The van der Waals surface area contributed by atoms with Crippen molar-refractivity contribution in [3.8, 4) is 5.75 Å². The average molecular weight is 348 g/mol. The second kappa shape index (κ2) is 11.7. The zero-order chi connectivity index (χ0) is 18.7. The molecule has 0 radical (unpaired) electrons. The molecule has 0 fully saturated rings. The highest BCUT2D eigenvalue weighted by molar-refractivity contribution is 5.89. The Kier molecular flexibility index (Phi) is 9.93. The summed E-state index contributed by atoms with van der Waals surface area (Å²) in [7, 11) is 0. The fraction of sp³-hybridized carbons (Fsp3) is 0.571. The van der Waals surface area contributed by atoms with E-state index in [0.29, 0.717) is 18.3 Å². The van der Waals surface area contributed by atoms with Crippen molar-refractivity contribution < 1.29 is 19.0 Å². The lowest BCUT2D eigenvalue weighted by atomic mass is 10.1. The monoisotopic (exact) mass is 348 g/mol. The summed E-state index contributed by atoms with van der Waals surface area (Å²) in [5.41, 5.74) is 1.87. The molecule has 0 aromatic heterocycles. The minimum Gasteiger partial charge on any atom is -0.490 e. The van der Waals surface area contributed by atoms with E-state index in [9.17, 15) is 4.79 Å². The summed E-state index contributed by atoms with van der Waals surface area (Å²) in [4.78, 5) is 11.8. The predicted octanol–water partition coefficient (Wildman–Crippen LogP) is 5.17. The number of benzene rings is 1. The molecule has 1 aromatic rings. The molecule has 4 nitrogen and oxygen atoms in total. The van der Waals surface area contributed by atoms with Crippen LogP contribution in [0.2, 0.25) is 0 Å². The van der Waals surface area contributed by atoms with Gasteiger partial charge in [0.05, 0.1) is 24.4 Å². The Balaban J connectivity index is 2.44. The normalized spacial score (nSPS) is 13.0. The van der Waals surface area contributed by atoms with E-state index in [4.69, 9.17) is 14.2 Å². The number of carbonyl (C=O) groups excluding carboxylic acids is 1. The van der Waals surface area contributed by atoms with Crippen LogP contribution in [0.1, 0.15) is 64.2 Å². The van der Waals surface area contributed by atoms with Crippen LogP contribution in [0, 0.1) is 0 Å². The van der Waals surface area contributed by atoms with Gasteiger partial charge in [-0.15, -0.1) is 0 Å². The van der Waals surface area contributed by atoms with E-state index in [1.807, 2.05) is 13.8 Å². The largest absolute Gasteiger partial charge is 0.490 e. The number of esters is 1. The molecule has 0 aliphatic heterocycles. The van der Waals surface area contributed by atoms with E-state index in [1.54, 1.807) is 24.3 Å². The van der Waals surface area contributed by atoms with Crippen LogP contribution in [0.4, 0.5) is 0 Å². The van der Waals surface area contributed by atoms with Crippen molar-refractivity contribution in [3.63, 3.8) is 0 Å². The summed E-state index contributed by atoms with van der Waals surface area (Å²) in [5, 5.41) is 0. The number of hydrogen-bond acceptors (Lipinski definition) is 4. The van der Waals surface area contributed by atoms with Crippen LogP contribution < -0.4 is 4.74 Å². The van der Waals surface area contributed by atoms with Crippen molar-refractivity contribution in [2.75, 3.05) is 13.2 Å². The van der Waals surface area contributed by atoms with Crippen LogP contribution in [0.15, 0.2) is 35.9 Å². The first-order valence-corrected chi connectivity index (χ1v) is 9.19. The minimum absolute atomic E-state index is 0.120. The number of hydrogen-bond donors (Lipinski definition) is 0. The van der Waals surface area contributed by atoms with Crippen molar-refractivity contribution in [3.05, 3.63) is 41.5 Å². The van der Waals surface area contributed by atoms with E-state index in [1.165, 1.54) is 5.57 Å². The summed E-state index contributed by atoms with van der Waals surface area (Å²) < 4.78 is 16.6. The topological polar surface area (TPSA) is 44.8 Å². The summed E-state index contributed by atoms with van der Waals surface area (Å²) in [6.07, 6.45) is 5.27. The van der Waals surface area contributed by atoms with Gasteiger partial charge in [0.15, 0.2) is 0 Å². The molecule has 0 N–H and O–H groups in total. The molecule has 140 valence electrons. The molecule has 1 unspecified atom stereocenters. The van der Waals surface area contributed by atoms with E-state index in [2.05, 4.69) is 26.8 Å². The first-order valence-electron chi connectivity index (χ1n) is 9.19. The summed E-state index contributed by atoms with van der Waals surface area (Å²) >= 11 is 0. The van der Waals surface area contributed by atoms with E-state index < -0.39 is 0 Å². The molecule has 0 saturated carbocycles. The molecular weight excluding hydrogens is 316 g/mol. The lowest BCUT2D eigenvalue weighted by Crippen LogP contribution is -2.11. The Morgan fingerprint density at radius 3 is 2.36 bits per heavy atom. The average Bonchev–Trinajstić information content (AvgIpc) is 2.60. The van der Waals surface area contributed by atoms with Crippen LogP contribution in [-0.2, 0) is 9.47 Å². The Hall–Kier alpha value is -1.81. The highest BCUT2D eigenvalue weighted by Gasteiger charge is 2.08. The molecule has 0 amide bonds. The second-order valence-corrected chi connectivity index (χ2v) is 6.35. The Bertz CT molecular complexity index is 531. The third-order valence-corrected chi connectivity index (χ3v) is 3.91. The third-order valence-electron chi connectivity index (χ3n) is 3.91. The van der Waals surface area contributed by atoms with Crippen LogP contribution in [0.25, 0.3) is 0 Å². The lowest BCUT2D eigenvalue weighted by Gasteiger charge is -2.12. The zero-order valence-corrected chi connectivity index (χ0v) is 16.2. The molecule has 1 atom stereocenters. The van der Waals surface area contributed by atoms with Gasteiger partial charge >= 0.3 is 5.97 Å². The SMILES string of the molecule is CCC(=CCOc1ccc(C(=O)OC(C)C)cc1)CCOC(C)CC. The first kappa shape index (κ1) is 21.2. The fourth-order valence-electron chi connectivity index (χ4n) is 2.16. The van der Waals surface area contributed by atoms with E-state index >= 15 is 0 Å². The van der Waals surface area contributed by atoms with Crippen LogP contribution in [0.3, 0.4) is 0 Å². The van der Waals surface area contributed by atoms with Gasteiger partial charge in [0.1, 0.15) is 12.4 Å². The first-order chi connectivity index (χ1) is 12.0. The fourth-order valence-corrected chi connectivity index (χ4v) is 2.16. The zero-order valence-electron chi connectivity index (χ0n) is 16.2. The molecule has 0 saturated heterocycles. The van der Waals surface area contributed by atoms with Gasteiger partial charge in [-0.2, -0.15) is 0 Å². The van der Waals surface area contributed by atoms with E-state index in [-0.39, 0.29) is 12.1 Å². The molecule has 4 heteroatoms. The van der Waals surface area contributed by atoms with Crippen molar-refractivity contribution in [2.24, 2.45) is 0 Å². The van der Waals surface area contributed by atoms with Gasteiger partial charge < -0.3 is 14.2 Å². The summed E-state index contributed by atoms with van der Waals surface area (Å²) in [6.45, 7) is 11.3. The molecule has 0 spiro atoms. The molecule has 1 rings (SSSR count). The maximum absolute atomic E-state index is 11.8. The number of carbonyl (C=O) groups is 1. The quantitative estimate of drug-likeness (QED) is 0.409. The van der Waals surface area contributed by atoms with Gasteiger partial charge in [0.25, 0.3) is 0 Å². The molecule has 0 aliphatic carbocycles. The molecule has 25 heavy (non-hydrogen) atoms. The van der Waals surface area contributed by atoms with Crippen molar-refractivity contribution in [1.82, 2.24) is 0 Å². The maximum atomic E-state index is 11.8. The summed E-state index contributed by atoms with van der Waals surface area (Å²) in [5.74, 6) is 0.430. The standard InChI is InChI=1S/C21H32O4/c1-6-17(5)23-14-12-18(7-2)13-15-24-20-10-8-19(9-11-20)21(22)25-16(3)4/h8-11,13,16-17H,6-7,12,14-15H2,1-5H3. The van der Waals surface area contributed by atoms with Crippen molar-refractivity contribution in [1.29, 1.82) is 0 Å². The summed E-state index contributed by atoms with van der Waals surface area (Å²) in [6, 6.07) is 7.04. The van der Waals surface area contributed by atoms with Crippen molar-refractivity contribution >= 4 is 5.97 Å². The van der Waals surface area contributed by atoms with Gasteiger partial charge in [-0.05, 0) is 70.4 Å². The highest BCUT2D eigenvalue weighted by Crippen LogP contribution is 2.15. The van der Waals surface area contributed by atoms with Gasteiger partial charge in [0.2, 0.25) is 0 Å². The van der Waals surface area contributed by atoms with Crippen LogP contribution >= 0.6 is 0 Å². The number of rotatable bonds is 11. The molecule has 0 aliphatic rings. The Labute approximate surface area is 152 Å². The van der Waals surface area contributed by atoms with Crippen molar-refractivity contribution in [2.45, 2.75) is 66.1 Å². The van der Waals surface area contributed by atoms with E-state index in [0.717, 1.165) is 31.6 Å². The predicted molar refractivity (Wildman–Crippen MR) is 101 cm³/mol. The van der Waals surface area contributed by atoms with Crippen LogP contribution in [0.5, 0.6) is 5.75 Å². The lowest BCUT2D eigenvalue weighted by molar-refractivity contribution is 0.0378.